The van der Waals surface area contributed by atoms with E-state index in [4.69, 9.17) is 15.2 Å². The van der Waals surface area contributed by atoms with Crippen molar-refractivity contribution in [1.82, 2.24) is 15.4 Å². The summed E-state index contributed by atoms with van der Waals surface area (Å²) in [5, 5.41) is 12.2. The van der Waals surface area contributed by atoms with Crippen molar-refractivity contribution in [1.29, 1.82) is 0 Å². The minimum atomic E-state index is -0.550. The summed E-state index contributed by atoms with van der Waals surface area (Å²) < 4.78 is 25.2. The van der Waals surface area contributed by atoms with E-state index < -0.39 is 5.82 Å². The van der Waals surface area contributed by atoms with Gasteiger partial charge in [0.1, 0.15) is 17.9 Å². The van der Waals surface area contributed by atoms with Gasteiger partial charge in [0.05, 0.1) is 24.8 Å². The number of benzene rings is 2. The Kier molecular flexibility index (Phi) is 5.74. The summed E-state index contributed by atoms with van der Waals surface area (Å²) in [4.78, 5) is 8.68. The number of nitrogen functional groups attached to an aromatic ring is 1. The number of methoxy groups -OCH3 is 1. The molecular weight excluding hydrogens is 425 g/mol. The van der Waals surface area contributed by atoms with Gasteiger partial charge in [-0.2, -0.15) is 4.39 Å². The third-order valence-electron chi connectivity index (χ3n) is 6.25. The summed E-state index contributed by atoms with van der Waals surface area (Å²) in [5.74, 6) is 1.31. The van der Waals surface area contributed by atoms with Gasteiger partial charge in [-0.05, 0) is 55.5 Å². The van der Waals surface area contributed by atoms with E-state index in [0.29, 0.717) is 18.0 Å². The number of hydrogen-bond acceptors (Lipinski definition) is 8. The second kappa shape index (κ2) is 8.84. The lowest BCUT2D eigenvalue weighted by Crippen LogP contribution is -2.46. The number of nitrogens with one attached hydrogen (secondary N) is 1. The van der Waals surface area contributed by atoms with Crippen LogP contribution in [0.4, 0.5) is 16.0 Å². The average molecular weight is 452 g/mol. The number of hydrazine groups is 1. The Bertz CT molecular complexity index is 1140. The number of nitrogens with zero attached hydrogens (tertiary/aromatic N) is 3. The molecule has 0 bridgehead atoms. The molecule has 3 atom stereocenters. The molecule has 2 heterocycles. The van der Waals surface area contributed by atoms with Crippen LogP contribution in [0.3, 0.4) is 0 Å². The van der Waals surface area contributed by atoms with Crippen LogP contribution in [0.25, 0.3) is 0 Å². The number of ether oxygens (including phenoxy) is 2. The lowest BCUT2D eigenvalue weighted by molar-refractivity contribution is 0.116. The molecule has 1 aromatic heterocycles. The summed E-state index contributed by atoms with van der Waals surface area (Å²) in [6.07, 6.45) is 4.55. The molecule has 1 aliphatic carbocycles. The molecule has 0 amide bonds. The molecular formula is C24H26FN5O3. The van der Waals surface area contributed by atoms with Crippen LogP contribution in [0.2, 0.25) is 0 Å². The monoisotopic (exact) mass is 451 g/mol. The fourth-order valence-electron chi connectivity index (χ4n) is 4.61. The zero-order chi connectivity index (χ0) is 22.9. The summed E-state index contributed by atoms with van der Waals surface area (Å²) in [7, 11) is 1.41. The van der Waals surface area contributed by atoms with E-state index in [-0.39, 0.29) is 29.7 Å². The summed E-state index contributed by atoms with van der Waals surface area (Å²) in [6, 6.07) is 12.0. The quantitative estimate of drug-likeness (QED) is 0.539. The molecule has 33 heavy (non-hydrogen) atoms. The van der Waals surface area contributed by atoms with E-state index in [1.165, 1.54) is 19.5 Å². The molecule has 1 fully saturated rings. The first-order valence-electron chi connectivity index (χ1n) is 11.0. The fraction of sp³-hybridized carbons (Fsp3) is 0.333. The van der Waals surface area contributed by atoms with Gasteiger partial charge in [0.15, 0.2) is 17.3 Å². The third kappa shape index (κ3) is 4.05. The Morgan fingerprint density at radius 2 is 1.91 bits per heavy atom. The molecule has 1 aliphatic heterocycles. The minimum absolute atomic E-state index is 0.0890. The fourth-order valence-corrected chi connectivity index (χ4v) is 4.61. The van der Waals surface area contributed by atoms with Crippen LogP contribution < -0.4 is 25.6 Å². The average Bonchev–Trinajstić information content (AvgIpc) is 3.22. The Hall–Kier alpha value is -3.43. The highest BCUT2D eigenvalue weighted by atomic mass is 19.1. The van der Waals surface area contributed by atoms with Crippen LogP contribution in [0.1, 0.15) is 42.9 Å². The first-order chi connectivity index (χ1) is 16.0. The van der Waals surface area contributed by atoms with E-state index >= 15 is 0 Å². The predicted octanol–water partition coefficient (Wildman–Crippen LogP) is 3.72. The number of rotatable bonds is 5. The standard InChI is InChI=1S/C24H26FN5O3/c1-32-18-6-3-7-19(21(18)25)33-17-10-8-14(9-11-17)22-20-23(26)27-13-28-24(20)30(29-22)15-4-2-5-16(31)12-15/h3,6-11,13,15-16,22,29,31H,2,4-5,12H2,1H3,(H2,26,27,28)/t15-,16-,22?/m1/s1. The Morgan fingerprint density at radius 3 is 2.67 bits per heavy atom. The molecule has 0 spiro atoms. The van der Waals surface area contributed by atoms with Gasteiger partial charge in [0.2, 0.25) is 5.82 Å². The van der Waals surface area contributed by atoms with Crippen molar-refractivity contribution in [2.45, 2.75) is 43.9 Å². The lowest BCUT2D eigenvalue weighted by Gasteiger charge is -2.34. The maximum Gasteiger partial charge on any atom is 0.207 e. The molecule has 9 heteroatoms. The zero-order valence-corrected chi connectivity index (χ0v) is 18.2. The molecule has 5 rings (SSSR count). The number of aliphatic hydroxyl groups is 1. The number of hydrogen-bond donors (Lipinski definition) is 3. The van der Waals surface area contributed by atoms with Gasteiger partial charge >= 0.3 is 0 Å². The van der Waals surface area contributed by atoms with Crippen LogP contribution in [0.5, 0.6) is 17.2 Å². The Morgan fingerprint density at radius 1 is 1.12 bits per heavy atom. The Balaban J connectivity index is 1.40. The van der Waals surface area contributed by atoms with E-state index in [2.05, 4.69) is 15.4 Å². The maximum absolute atomic E-state index is 14.4. The summed E-state index contributed by atoms with van der Waals surface area (Å²) in [5.41, 5.74) is 11.5. The topological polar surface area (TPSA) is 106 Å². The predicted molar refractivity (Wildman–Crippen MR) is 122 cm³/mol. The van der Waals surface area contributed by atoms with Crippen molar-refractivity contribution in [2.75, 3.05) is 17.9 Å². The molecule has 2 aliphatic rings. The summed E-state index contributed by atoms with van der Waals surface area (Å²) in [6.45, 7) is 0. The van der Waals surface area contributed by atoms with Crippen molar-refractivity contribution < 1.29 is 19.0 Å². The normalized spacial score (nSPS) is 22.2. The zero-order valence-electron chi connectivity index (χ0n) is 18.2. The SMILES string of the molecule is COc1cccc(Oc2ccc(C3NN([C@@H]4CCC[C@@H](O)C4)c4ncnc(N)c43)cc2)c1F. The third-order valence-corrected chi connectivity index (χ3v) is 6.25. The van der Waals surface area contributed by atoms with E-state index in [1.807, 2.05) is 17.1 Å². The van der Waals surface area contributed by atoms with Gasteiger partial charge in [0, 0.05) is 6.04 Å². The van der Waals surface area contributed by atoms with Crippen molar-refractivity contribution in [2.24, 2.45) is 0 Å². The van der Waals surface area contributed by atoms with E-state index in [0.717, 1.165) is 36.2 Å². The molecule has 1 unspecified atom stereocenters. The van der Waals surface area contributed by atoms with Gasteiger partial charge in [-0.25, -0.2) is 15.4 Å². The molecule has 3 aromatic rings. The highest BCUT2D eigenvalue weighted by molar-refractivity contribution is 5.64. The van der Waals surface area contributed by atoms with E-state index in [1.54, 1.807) is 24.3 Å². The number of aromatic nitrogens is 2. The largest absolute Gasteiger partial charge is 0.494 e. The van der Waals surface area contributed by atoms with Crippen LogP contribution >= 0.6 is 0 Å². The molecule has 0 saturated heterocycles. The maximum atomic E-state index is 14.4. The van der Waals surface area contributed by atoms with Crippen molar-refractivity contribution in [3.8, 4) is 17.2 Å². The van der Waals surface area contributed by atoms with E-state index in [9.17, 15) is 9.50 Å². The first-order valence-corrected chi connectivity index (χ1v) is 11.0. The van der Waals surface area contributed by atoms with Crippen LogP contribution in [-0.2, 0) is 0 Å². The van der Waals surface area contributed by atoms with Gasteiger partial charge in [-0.1, -0.05) is 18.2 Å². The second-order valence-electron chi connectivity index (χ2n) is 8.35. The number of nitrogens with two attached hydrogens (primary N) is 1. The minimum Gasteiger partial charge on any atom is -0.494 e. The first kappa shape index (κ1) is 21.4. The van der Waals surface area contributed by atoms with Crippen LogP contribution in [-0.4, -0.2) is 34.3 Å². The van der Waals surface area contributed by atoms with Crippen LogP contribution in [0, 0.1) is 5.82 Å². The molecule has 1 saturated carbocycles. The van der Waals surface area contributed by atoms with Gasteiger partial charge in [0.25, 0.3) is 0 Å². The van der Waals surface area contributed by atoms with Crippen molar-refractivity contribution >= 4 is 11.6 Å². The second-order valence-corrected chi connectivity index (χ2v) is 8.35. The van der Waals surface area contributed by atoms with Crippen molar-refractivity contribution in [3.05, 3.63) is 65.7 Å². The number of fused-ring (bicyclic) bond motifs is 1. The number of anilines is 2. The molecule has 0 radical (unpaired) electrons. The highest BCUT2D eigenvalue weighted by Crippen LogP contribution is 2.41. The Labute approximate surface area is 191 Å². The molecule has 172 valence electrons. The highest BCUT2D eigenvalue weighted by Gasteiger charge is 2.38. The number of aliphatic hydroxyl groups excluding tert-OH is 1. The number of halogens is 1. The van der Waals surface area contributed by atoms with Gasteiger partial charge < -0.3 is 20.3 Å². The smallest absolute Gasteiger partial charge is 0.207 e. The van der Waals surface area contributed by atoms with Crippen LogP contribution in [0.15, 0.2) is 48.8 Å². The molecule has 8 nitrogen and oxygen atoms in total. The van der Waals surface area contributed by atoms with Crippen molar-refractivity contribution in [3.63, 3.8) is 0 Å². The molecule has 2 aromatic carbocycles. The van der Waals surface area contributed by atoms with Gasteiger partial charge in [-0.3, -0.25) is 5.01 Å². The summed E-state index contributed by atoms with van der Waals surface area (Å²) >= 11 is 0. The lowest BCUT2D eigenvalue weighted by atomic mass is 9.92. The van der Waals surface area contributed by atoms with Gasteiger partial charge in [-0.15, -0.1) is 0 Å². The molecule has 4 N–H and O–H groups in total.